The molecule has 6 heteroatoms. The van der Waals surface area contributed by atoms with Crippen molar-refractivity contribution in [1.29, 1.82) is 0 Å². The fraction of sp³-hybridized carbons (Fsp3) is 0.412. The molecular weight excluding hydrogens is 297 g/mol. The van der Waals surface area contributed by atoms with Gasteiger partial charge in [-0.1, -0.05) is 18.2 Å². The van der Waals surface area contributed by atoms with Crippen molar-refractivity contribution >= 4 is 5.91 Å². The minimum Gasteiger partial charge on any atom is -0.377 e. The molecule has 1 aliphatic heterocycles. The summed E-state index contributed by atoms with van der Waals surface area (Å²) in [6, 6.07) is 6.37. The van der Waals surface area contributed by atoms with Crippen molar-refractivity contribution in [3.63, 3.8) is 0 Å². The first kappa shape index (κ1) is 15.7. The van der Waals surface area contributed by atoms with Crippen LogP contribution in [0, 0.1) is 12.7 Å². The Balaban J connectivity index is 1.68. The van der Waals surface area contributed by atoms with Crippen molar-refractivity contribution in [1.82, 2.24) is 14.9 Å². The normalized spacial score (nSPS) is 18.2. The van der Waals surface area contributed by atoms with Crippen LogP contribution < -0.4 is 0 Å². The fourth-order valence-corrected chi connectivity index (χ4v) is 2.82. The van der Waals surface area contributed by atoms with Crippen LogP contribution in [-0.2, 0) is 16.0 Å². The third-order valence-corrected chi connectivity index (χ3v) is 4.05. The van der Waals surface area contributed by atoms with Crippen LogP contribution in [0.5, 0.6) is 0 Å². The molecule has 1 aromatic carbocycles. The largest absolute Gasteiger partial charge is 0.377 e. The fourth-order valence-electron chi connectivity index (χ4n) is 2.82. The summed E-state index contributed by atoms with van der Waals surface area (Å²) in [5.74, 6) is 0.470. The number of amides is 1. The Hall–Kier alpha value is -2.21. The zero-order chi connectivity index (χ0) is 16.2. The van der Waals surface area contributed by atoms with E-state index < -0.39 is 0 Å². The summed E-state index contributed by atoms with van der Waals surface area (Å²) < 4.78 is 19.2. The number of aromatic amines is 1. The number of imidazole rings is 1. The standard InChI is InChI=1S/C17H20FN3O2/c1-12-10-19-17(20-12)15-11-23-9-8-21(15)16(22)7-6-13-4-2-3-5-14(13)18/h2-5,10,15H,6-9,11H2,1H3,(H,19,20)/t15-/m0/s1. The molecule has 122 valence electrons. The van der Waals surface area contributed by atoms with Gasteiger partial charge in [-0.3, -0.25) is 4.79 Å². The van der Waals surface area contributed by atoms with Crippen molar-refractivity contribution in [3.8, 4) is 0 Å². The van der Waals surface area contributed by atoms with Gasteiger partial charge in [0.1, 0.15) is 17.7 Å². The van der Waals surface area contributed by atoms with Gasteiger partial charge in [-0.2, -0.15) is 0 Å². The number of morpholine rings is 1. The molecule has 3 rings (SSSR count). The van der Waals surface area contributed by atoms with Crippen LogP contribution in [-0.4, -0.2) is 40.5 Å². The molecule has 0 radical (unpaired) electrons. The number of benzene rings is 1. The molecule has 0 spiro atoms. The lowest BCUT2D eigenvalue weighted by atomic mass is 10.1. The first-order chi connectivity index (χ1) is 11.1. The third kappa shape index (κ3) is 3.59. The topological polar surface area (TPSA) is 58.2 Å². The van der Waals surface area contributed by atoms with Gasteiger partial charge >= 0.3 is 0 Å². The van der Waals surface area contributed by atoms with E-state index in [1.54, 1.807) is 29.3 Å². The third-order valence-electron chi connectivity index (χ3n) is 4.05. The van der Waals surface area contributed by atoms with E-state index in [2.05, 4.69) is 9.97 Å². The second-order valence-electron chi connectivity index (χ2n) is 5.72. The number of hydrogen-bond acceptors (Lipinski definition) is 3. The molecule has 0 saturated carbocycles. The van der Waals surface area contributed by atoms with E-state index in [1.165, 1.54) is 6.07 Å². The van der Waals surface area contributed by atoms with Gasteiger partial charge in [0.25, 0.3) is 0 Å². The van der Waals surface area contributed by atoms with E-state index in [0.717, 1.165) is 11.5 Å². The van der Waals surface area contributed by atoms with Crippen LogP contribution in [0.25, 0.3) is 0 Å². The van der Waals surface area contributed by atoms with Crippen LogP contribution in [0.2, 0.25) is 0 Å². The van der Waals surface area contributed by atoms with Gasteiger partial charge in [0.05, 0.1) is 13.2 Å². The summed E-state index contributed by atoms with van der Waals surface area (Å²) in [5.41, 5.74) is 1.52. The van der Waals surface area contributed by atoms with Gasteiger partial charge in [-0.15, -0.1) is 0 Å². The summed E-state index contributed by atoms with van der Waals surface area (Å²) in [6.07, 6.45) is 2.41. The molecule has 1 amide bonds. The van der Waals surface area contributed by atoms with Gasteiger partial charge in [0, 0.05) is 24.9 Å². The van der Waals surface area contributed by atoms with E-state index in [9.17, 15) is 9.18 Å². The summed E-state index contributed by atoms with van der Waals surface area (Å²) >= 11 is 0. The maximum atomic E-state index is 13.7. The molecule has 0 bridgehead atoms. The predicted octanol–water partition coefficient (Wildman–Crippen LogP) is 2.39. The molecule has 1 fully saturated rings. The minimum atomic E-state index is -0.263. The van der Waals surface area contributed by atoms with Gasteiger partial charge in [0.15, 0.2) is 0 Å². The lowest BCUT2D eigenvalue weighted by Gasteiger charge is -2.34. The monoisotopic (exact) mass is 317 g/mol. The molecule has 1 aliphatic rings. The Morgan fingerprint density at radius 1 is 1.48 bits per heavy atom. The Kier molecular flexibility index (Phi) is 4.71. The van der Waals surface area contributed by atoms with Gasteiger partial charge in [-0.05, 0) is 25.0 Å². The smallest absolute Gasteiger partial charge is 0.223 e. The molecule has 1 saturated heterocycles. The molecule has 1 aromatic heterocycles. The highest BCUT2D eigenvalue weighted by molar-refractivity contribution is 5.77. The minimum absolute atomic E-state index is 0.00407. The van der Waals surface area contributed by atoms with E-state index in [4.69, 9.17) is 4.74 Å². The number of halogens is 1. The lowest BCUT2D eigenvalue weighted by Crippen LogP contribution is -2.44. The number of H-pyrrole nitrogens is 1. The SMILES string of the molecule is Cc1cnc([C@@H]2COCCN2C(=O)CCc2ccccc2F)[nH]1. The molecule has 0 aliphatic carbocycles. The molecule has 5 nitrogen and oxygen atoms in total. The van der Waals surface area contributed by atoms with Crippen LogP contribution in [0.3, 0.4) is 0 Å². The van der Waals surface area contributed by atoms with Gasteiger partial charge in [-0.25, -0.2) is 9.37 Å². The van der Waals surface area contributed by atoms with E-state index >= 15 is 0 Å². The second kappa shape index (κ2) is 6.91. The Morgan fingerprint density at radius 3 is 3.04 bits per heavy atom. The quantitative estimate of drug-likeness (QED) is 0.942. The highest BCUT2D eigenvalue weighted by atomic mass is 19.1. The molecular formula is C17H20FN3O2. The van der Waals surface area contributed by atoms with Crippen molar-refractivity contribution in [3.05, 3.63) is 53.4 Å². The van der Waals surface area contributed by atoms with Crippen LogP contribution >= 0.6 is 0 Å². The number of aryl methyl sites for hydroxylation is 2. The van der Waals surface area contributed by atoms with Crippen molar-refractivity contribution < 1.29 is 13.9 Å². The maximum Gasteiger partial charge on any atom is 0.223 e. The maximum absolute atomic E-state index is 13.7. The molecule has 1 N–H and O–H groups in total. The number of hydrogen-bond donors (Lipinski definition) is 1. The lowest BCUT2D eigenvalue weighted by molar-refractivity contribution is -0.140. The molecule has 0 unspecified atom stereocenters. The zero-order valence-electron chi connectivity index (χ0n) is 13.1. The zero-order valence-corrected chi connectivity index (χ0v) is 13.1. The number of aromatic nitrogens is 2. The van der Waals surface area contributed by atoms with Crippen molar-refractivity contribution in [2.45, 2.75) is 25.8 Å². The van der Waals surface area contributed by atoms with Crippen molar-refractivity contribution in [2.75, 3.05) is 19.8 Å². The number of nitrogens with zero attached hydrogens (tertiary/aromatic N) is 2. The predicted molar refractivity (Wildman–Crippen MR) is 83.3 cm³/mol. The van der Waals surface area contributed by atoms with E-state index in [-0.39, 0.29) is 24.2 Å². The highest BCUT2D eigenvalue weighted by Gasteiger charge is 2.30. The van der Waals surface area contributed by atoms with E-state index in [0.29, 0.717) is 31.7 Å². The van der Waals surface area contributed by atoms with Crippen LogP contribution in [0.4, 0.5) is 4.39 Å². The first-order valence-electron chi connectivity index (χ1n) is 7.77. The summed E-state index contributed by atoms with van der Waals surface area (Å²) in [7, 11) is 0. The van der Waals surface area contributed by atoms with E-state index in [1.807, 2.05) is 6.92 Å². The number of rotatable bonds is 4. The van der Waals surface area contributed by atoms with Crippen LogP contribution in [0.15, 0.2) is 30.5 Å². The van der Waals surface area contributed by atoms with Crippen LogP contribution in [0.1, 0.15) is 29.5 Å². The molecule has 1 atom stereocenters. The number of carbonyl (C=O) groups is 1. The Bertz CT molecular complexity index is 686. The summed E-state index contributed by atoms with van der Waals surface area (Å²) in [4.78, 5) is 21.8. The second-order valence-corrected chi connectivity index (χ2v) is 5.72. The van der Waals surface area contributed by atoms with Gasteiger partial charge < -0.3 is 14.6 Å². The average Bonchev–Trinajstić information content (AvgIpc) is 3.00. The summed E-state index contributed by atoms with van der Waals surface area (Å²) in [5, 5.41) is 0. The summed E-state index contributed by atoms with van der Waals surface area (Å²) in [6.45, 7) is 3.39. The highest BCUT2D eigenvalue weighted by Crippen LogP contribution is 2.23. The average molecular weight is 317 g/mol. The Morgan fingerprint density at radius 2 is 2.30 bits per heavy atom. The first-order valence-corrected chi connectivity index (χ1v) is 7.77. The molecule has 2 heterocycles. The molecule has 23 heavy (non-hydrogen) atoms. The van der Waals surface area contributed by atoms with Crippen molar-refractivity contribution in [2.24, 2.45) is 0 Å². The Labute approximate surface area is 134 Å². The van der Waals surface area contributed by atoms with Gasteiger partial charge in [0.2, 0.25) is 5.91 Å². The number of ether oxygens (including phenoxy) is 1. The number of nitrogens with one attached hydrogen (secondary N) is 1. The number of carbonyl (C=O) groups excluding carboxylic acids is 1. The molecule has 2 aromatic rings.